The van der Waals surface area contributed by atoms with Gasteiger partial charge >= 0.3 is 44.8 Å². The molecule has 0 atom stereocenters. The van der Waals surface area contributed by atoms with Crippen molar-refractivity contribution in [2.45, 2.75) is 6.92 Å². The molecule has 0 aliphatic carbocycles. The van der Waals surface area contributed by atoms with Crippen molar-refractivity contribution in [3.63, 3.8) is 0 Å². The predicted molar refractivity (Wildman–Crippen MR) is 37.5 cm³/mol. The van der Waals surface area contributed by atoms with Gasteiger partial charge in [-0.1, -0.05) is 0 Å². The first-order chi connectivity index (χ1) is 2.81. The van der Waals surface area contributed by atoms with E-state index in [4.69, 9.17) is 0 Å². The molecule has 0 heterocycles. The van der Waals surface area contributed by atoms with E-state index in [1.165, 1.54) is 0 Å². The van der Waals surface area contributed by atoms with Gasteiger partial charge in [-0.2, -0.15) is 0 Å². The zero-order valence-electron chi connectivity index (χ0n) is 5.60. The Morgan fingerprint density at radius 3 is 1.43 bits per heavy atom. The molecule has 0 aliphatic heterocycles. The minimum absolute atomic E-state index is 0.922. The van der Waals surface area contributed by atoms with Crippen LogP contribution < -0.4 is 0 Å². The summed E-state index contributed by atoms with van der Waals surface area (Å²) < 4.78 is 0. The first-order valence-electron chi connectivity index (χ1n) is 2.56. The SMILES string of the molecule is CCP(C)(C)(C)O. The van der Waals surface area contributed by atoms with Crippen LogP contribution in [0.15, 0.2) is 0 Å². The Bertz CT molecular complexity index is 60.6. The van der Waals surface area contributed by atoms with Gasteiger partial charge in [0.25, 0.3) is 0 Å². The molecule has 0 spiro atoms. The third-order valence-electron chi connectivity index (χ3n) is 1.09. The van der Waals surface area contributed by atoms with E-state index >= 15 is 0 Å². The molecule has 0 aromatic rings. The van der Waals surface area contributed by atoms with Gasteiger partial charge in [-0.05, 0) is 0 Å². The van der Waals surface area contributed by atoms with Crippen molar-refractivity contribution in [1.82, 2.24) is 0 Å². The Hall–Kier alpha value is 0.390. The average Bonchev–Trinajstić information content (AvgIpc) is 1.32. The van der Waals surface area contributed by atoms with Gasteiger partial charge in [0.05, 0.1) is 0 Å². The summed E-state index contributed by atoms with van der Waals surface area (Å²) in [7, 11) is 0. The topological polar surface area (TPSA) is 20.2 Å². The standard InChI is InChI=1S/C5H15OP/c1-5-7(2,3,4)6/h6H,5H2,1-4H3. The van der Waals surface area contributed by atoms with Gasteiger partial charge in [0.2, 0.25) is 0 Å². The van der Waals surface area contributed by atoms with Gasteiger partial charge in [0, 0.05) is 0 Å². The molecular formula is C5H15OP. The summed E-state index contributed by atoms with van der Waals surface area (Å²) in [6.07, 6.45) is 0.922. The van der Waals surface area contributed by atoms with Crippen molar-refractivity contribution in [2.24, 2.45) is 0 Å². The Balaban J connectivity index is 3.83. The summed E-state index contributed by atoms with van der Waals surface area (Å²) in [6.45, 7) is 5.80. The van der Waals surface area contributed by atoms with E-state index in [0.717, 1.165) is 6.16 Å². The third-order valence-corrected chi connectivity index (χ3v) is 3.27. The Kier molecular flexibility index (Phi) is 1.51. The van der Waals surface area contributed by atoms with Crippen LogP contribution in [0.25, 0.3) is 0 Å². The van der Waals surface area contributed by atoms with Crippen LogP contribution in [-0.4, -0.2) is 31.0 Å². The van der Waals surface area contributed by atoms with Crippen molar-refractivity contribution < 1.29 is 4.89 Å². The van der Waals surface area contributed by atoms with Gasteiger partial charge in [0.1, 0.15) is 0 Å². The molecule has 0 saturated heterocycles. The summed E-state index contributed by atoms with van der Waals surface area (Å²) in [4.78, 5) is 9.42. The Labute approximate surface area is 45.7 Å². The van der Waals surface area contributed by atoms with E-state index in [2.05, 4.69) is 0 Å². The molecule has 0 rings (SSSR count). The summed E-state index contributed by atoms with van der Waals surface area (Å²) >= 11 is 0. The second-order valence-electron chi connectivity index (χ2n) is 3.35. The van der Waals surface area contributed by atoms with Gasteiger partial charge in [0.15, 0.2) is 0 Å². The Morgan fingerprint density at radius 2 is 1.43 bits per heavy atom. The van der Waals surface area contributed by atoms with E-state index in [1.807, 2.05) is 26.9 Å². The van der Waals surface area contributed by atoms with Crippen molar-refractivity contribution in [3.05, 3.63) is 0 Å². The molecule has 7 heavy (non-hydrogen) atoms. The predicted octanol–water partition coefficient (Wildman–Crippen LogP) is 1.36. The number of hydrogen-bond donors (Lipinski definition) is 1. The van der Waals surface area contributed by atoms with E-state index < -0.39 is 6.83 Å². The zero-order valence-corrected chi connectivity index (χ0v) is 6.50. The molecule has 2 heteroatoms. The fourth-order valence-corrected chi connectivity index (χ4v) is 0. The van der Waals surface area contributed by atoms with Crippen LogP contribution in [-0.2, 0) is 0 Å². The molecular weight excluding hydrogens is 107 g/mol. The molecule has 46 valence electrons. The van der Waals surface area contributed by atoms with Crippen LogP contribution in [0.4, 0.5) is 0 Å². The second-order valence-corrected chi connectivity index (χ2v) is 10.0. The van der Waals surface area contributed by atoms with Gasteiger partial charge in [-0.3, -0.25) is 0 Å². The summed E-state index contributed by atoms with van der Waals surface area (Å²) in [5.41, 5.74) is 0. The molecule has 1 N–H and O–H groups in total. The maximum absolute atomic E-state index is 9.42. The molecule has 0 aromatic heterocycles. The molecule has 0 bridgehead atoms. The van der Waals surface area contributed by atoms with E-state index in [-0.39, 0.29) is 0 Å². The van der Waals surface area contributed by atoms with Crippen LogP contribution >= 0.6 is 6.83 Å². The van der Waals surface area contributed by atoms with Crippen LogP contribution in [0, 0.1) is 0 Å². The zero-order chi connectivity index (χ0) is 6.15. The minimum atomic E-state index is -2.08. The first kappa shape index (κ1) is 7.39. The fourth-order valence-electron chi connectivity index (χ4n) is 0. The van der Waals surface area contributed by atoms with Crippen molar-refractivity contribution in [1.29, 1.82) is 0 Å². The van der Waals surface area contributed by atoms with Crippen LogP contribution in [0.3, 0.4) is 0 Å². The molecule has 0 aromatic carbocycles. The van der Waals surface area contributed by atoms with Crippen LogP contribution in [0.1, 0.15) is 6.92 Å². The summed E-state index contributed by atoms with van der Waals surface area (Å²) in [6, 6.07) is 0. The van der Waals surface area contributed by atoms with Crippen molar-refractivity contribution in [3.8, 4) is 0 Å². The third kappa shape index (κ3) is 6.39. The molecule has 0 unspecified atom stereocenters. The molecule has 1 nitrogen and oxygen atoms in total. The van der Waals surface area contributed by atoms with Gasteiger partial charge < -0.3 is 0 Å². The van der Waals surface area contributed by atoms with Crippen LogP contribution in [0.2, 0.25) is 0 Å². The second kappa shape index (κ2) is 1.43. The van der Waals surface area contributed by atoms with Gasteiger partial charge in [-0.15, -0.1) is 0 Å². The molecule has 0 saturated carbocycles. The Morgan fingerprint density at radius 1 is 1.29 bits per heavy atom. The fraction of sp³-hybridized carbons (Fsp3) is 1.00. The summed E-state index contributed by atoms with van der Waals surface area (Å²) in [5.74, 6) is 0. The van der Waals surface area contributed by atoms with Crippen LogP contribution in [0.5, 0.6) is 0 Å². The maximum atomic E-state index is 9.42. The van der Waals surface area contributed by atoms with Crippen molar-refractivity contribution >= 4 is 6.83 Å². The quantitative estimate of drug-likeness (QED) is 0.520. The number of hydrogen-bond acceptors (Lipinski definition) is 1. The first-order valence-corrected chi connectivity index (χ1v) is 6.28. The molecule has 0 fully saturated rings. The van der Waals surface area contributed by atoms with E-state index in [0.29, 0.717) is 0 Å². The van der Waals surface area contributed by atoms with Gasteiger partial charge in [-0.25, -0.2) is 0 Å². The average molecular weight is 122 g/mol. The summed E-state index contributed by atoms with van der Waals surface area (Å²) in [5, 5.41) is 0. The number of rotatable bonds is 1. The normalized spacial score (nSPS) is 18.1. The molecule has 0 amide bonds. The van der Waals surface area contributed by atoms with E-state index in [9.17, 15) is 4.89 Å². The van der Waals surface area contributed by atoms with Crippen molar-refractivity contribution in [2.75, 3.05) is 26.2 Å². The van der Waals surface area contributed by atoms with E-state index in [1.54, 1.807) is 0 Å². The monoisotopic (exact) mass is 122 g/mol. The molecule has 0 aliphatic rings. The molecule has 0 radical (unpaired) electrons.